The summed E-state index contributed by atoms with van der Waals surface area (Å²) < 4.78 is 2.80. The summed E-state index contributed by atoms with van der Waals surface area (Å²) in [4.78, 5) is 0. The Balaban J connectivity index is 0.000000198. The van der Waals surface area contributed by atoms with Crippen LogP contribution in [-0.2, 0) is 0 Å². The molecule has 0 amide bonds. The molecule has 400 valence electrons. The molecular weight excluding hydrogens is 1210 g/mol. The van der Waals surface area contributed by atoms with Gasteiger partial charge in [0.2, 0.25) is 0 Å². The fourth-order valence-electron chi connectivity index (χ4n) is 8.96. The zero-order valence-corrected chi connectivity index (χ0v) is 51.3. The Kier molecular flexibility index (Phi) is 22.8. The Labute approximate surface area is 517 Å². The molecule has 0 spiro atoms. The van der Waals surface area contributed by atoms with Crippen molar-refractivity contribution >= 4 is 108 Å². The van der Waals surface area contributed by atoms with Crippen molar-refractivity contribution in [3.8, 4) is 23.7 Å². The Morgan fingerprint density at radius 2 is 0.549 bits per heavy atom. The first kappa shape index (κ1) is 59.1. The topological polar surface area (TPSA) is 0 Å². The van der Waals surface area contributed by atoms with Crippen LogP contribution >= 0.6 is 46.4 Å². The number of benzene rings is 10. The summed E-state index contributed by atoms with van der Waals surface area (Å²) in [7, 11) is 0. The van der Waals surface area contributed by atoms with E-state index in [1.54, 1.807) is 0 Å². The van der Waals surface area contributed by atoms with E-state index in [0.29, 0.717) is 50.0 Å². The molecule has 0 aliphatic heterocycles. The molecule has 0 bridgehead atoms. The Bertz CT molecular complexity index is 3520. The number of allylic oxidation sites excluding steroid dienone is 6. The van der Waals surface area contributed by atoms with Crippen LogP contribution in [0.4, 0.5) is 0 Å². The molecule has 0 aromatic heterocycles. The molecule has 0 aliphatic carbocycles. The van der Waals surface area contributed by atoms with Crippen LogP contribution in [0.5, 0.6) is 0 Å². The van der Waals surface area contributed by atoms with E-state index in [9.17, 15) is 0 Å². The van der Waals surface area contributed by atoms with Crippen molar-refractivity contribution in [3.63, 3.8) is 0 Å². The van der Waals surface area contributed by atoms with E-state index in [2.05, 4.69) is 194 Å². The van der Waals surface area contributed by atoms with Gasteiger partial charge >= 0.3 is 522 Å². The van der Waals surface area contributed by atoms with Gasteiger partial charge in [0.15, 0.2) is 0 Å². The Morgan fingerprint density at radius 1 is 0.293 bits per heavy atom. The minimum atomic E-state index is 0.341. The van der Waals surface area contributed by atoms with Crippen molar-refractivity contribution in [3.05, 3.63) is 367 Å². The quantitative estimate of drug-likeness (QED) is 0.0514. The first-order chi connectivity index (χ1) is 40.3. The molecule has 0 saturated heterocycles. The average Bonchev–Trinajstić information content (AvgIpc) is 3.58. The summed E-state index contributed by atoms with van der Waals surface area (Å²) in [5.41, 5.74) is 15.4. The van der Waals surface area contributed by atoms with Crippen molar-refractivity contribution in [1.82, 2.24) is 0 Å². The summed E-state index contributed by atoms with van der Waals surface area (Å²) >= 11 is 25.9. The Morgan fingerprint density at radius 3 is 0.829 bits per heavy atom. The van der Waals surface area contributed by atoms with Gasteiger partial charge in [-0.25, -0.2) is 0 Å². The van der Waals surface area contributed by atoms with Crippen molar-refractivity contribution < 1.29 is 0 Å². The van der Waals surface area contributed by atoms with Gasteiger partial charge in [0.1, 0.15) is 0 Å². The number of hydrogen-bond donors (Lipinski definition) is 0. The molecule has 10 aromatic rings. The van der Waals surface area contributed by atoms with Gasteiger partial charge in [-0.15, -0.1) is 0 Å². The van der Waals surface area contributed by atoms with E-state index in [-0.39, 0.29) is 0 Å². The first-order valence-corrected chi connectivity index (χ1v) is 32.5. The van der Waals surface area contributed by atoms with Crippen molar-refractivity contribution in [2.24, 2.45) is 0 Å². The molecule has 0 saturated carbocycles. The third-order valence-corrected chi connectivity index (χ3v) is 18.2. The van der Waals surface area contributed by atoms with E-state index in [1.807, 2.05) is 121 Å². The zero-order chi connectivity index (χ0) is 56.6. The van der Waals surface area contributed by atoms with Crippen molar-refractivity contribution in [1.29, 1.82) is 0 Å². The van der Waals surface area contributed by atoms with Gasteiger partial charge < -0.3 is 0 Å². The van der Waals surface area contributed by atoms with Gasteiger partial charge in [0, 0.05) is 0 Å². The van der Waals surface area contributed by atoms with Crippen molar-refractivity contribution in [2.45, 2.75) is 23.5 Å². The summed E-state index contributed by atoms with van der Waals surface area (Å²) in [5, 5.41) is 4.98. The van der Waals surface area contributed by atoms with Crippen LogP contribution in [0, 0.1) is 23.7 Å². The molecule has 0 fully saturated rings. The maximum atomic E-state index is 6.32. The number of rotatable bonds is 16. The molecule has 0 unspecified atom stereocenters. The second-order valence-corrected chi connectivity index (χ2v) is 25.4. The molecule has 82 heavy (non-hydrogen) atoms. The molecule has 6 heteroatoms. The van der Waals surface area contributed by atoms with Crippen LogP contribution < -0.4 is 8.92 Å². The van der Waals surface area contributed by atoms with Gasteiger partial charge in [-0.05, 0) is 0 Å². The molecule has 0 atom stereocenters. The maximum absolute atomic E-state index is 6.32. The fraction of sp³-hybridized carbons (Fsp3) is 0.0526. The van der Waals surface area contributed by atoms with E-state index in [4.69, 9.17) is 46.4 Å². The van der Waals surface area contributed by atoms with Gasteiger partial charge in [-0.3, -0.25) is 0 Å². The normalized spacial score (nSPS) is 10.9. The second-order valence-electron chi connectivity index (χ2n) is 18.7. The number of halogens is 4. The third-order valence-electron chi connectivity index (χ3n) is 13.0. The van der Waals surface area contributed by atoms with Crippen LogP contribution in [-0.4, -0.2) is 29.9 Å². The molecular formula is C76H56Cl4Se2. The predicted molar refractivity (Wildman–Crippen MR) is 356 cm³/mol. The summed E-state index contributed by atoms with van der Waals surface area (Å²) in [6, 6.07) is 95.0. The molecule has 10 rings (SSSR count). The predicted octanol–water partition coefficient (Wildman–Crippen LogP) is 19.5. The minimum absolute atomic E-state index is 0.341. The Hall–Kier alpha value is -7.52. The molecule has 0 nitrogen and oxygen atoms in total. The SMILES string of the molecule is Clc1ccc(C(=C(/C=C(\C#Cc2ccccc2)c2ccccc2)CC[Se]c2ccccc2)c2ccc(Cl)cc2)cc1.Clc1ccc(C(=C(/C=C(\C#Cc2ccccc2)c2ccccc2)CC[Se]c2ccccc2)c2ccc(Cl)cc2)cc1. The van der Waals surface area contributed by atoms with Crippen LogP contribution in [0.1, 0.15) is 57.3 Å². The van der Waals surface area contributed by atoms with Crippen molar-refractivity contribution in [2.75, 3.05) is 0 Å². The molecule has 0 heterocycles. The zero-order valence-electron chi connectivity index (χ0n) is 44.9. The van der Waals surface area contributed by atoms with E-state index < -0.39 is 0 Å². The van der Waals surface area contributed by atoms with Gasteiger partial charge in [-0.2, -0.15) is 0 Å². The van der Waals surface area contributed by atoms with E-state index in [0.717, 1.165) is 90.3 Å². The van der Waals surface area contributed by atoms with Crippen LogP contribution in [0.15, 0.2) is 302 Å². The summed E-state index contributed by atoms with van der Waals surface area (Å²) in [5.74, 6) is 13.8. The van der Waals surface area contributed by atoms with Gasteiger partial charge in [0.25, 0.3) is 0 Å². The standard InChI is InChI=1S/2C38H28Cl2Se/c2*39-35-22-18-31(19-23-35)38(32-20-24-36(40)25-21-32)34(26-27-41-37-14-8-3-9-15-37)28-33(30-12-6-2-7-13-30)17-16-29-10-4-1-5-11-29/h2*1-15,18-25,28H,26-27H2/b2*33-28+. The third kappa shape index (κ3) is 18.2. The van der Waals surface area contributed by atoms with Crippen LogP contribution in [0.25, 0.3) is 22.3 Å². The van der Waals surface area contributed by atoms with Crippen LogP contribution in [0.3, 0.4) is 0 Å². The molecule has 0 radical (unpaired) electrons. The molecule has 10 aromatic carbocycles. The summed E-state index contributed by atoms with van der Waals surface area (Å²) in [6.07, 6.45) is 6.37. The monoisotopic (exact) mass is 1270 g/mol. The summed E-state index contributed by atoms with van der Waals surface area (Å²) in [6.45, 7) is 0. The van der Waals surface area contributed by atoms with E-state index >= 15 is 0 Å². The van der Waals surface area contributed by atoms with Gasteiger partial charge in [-0.1, -0.05) is 0 Å². The molecule has 0 N–H and O–H groups in total. The fourth-order valence-corrected chi connectivity index (χ4v) is 13.3. The van der Waals surface area contributed by atoms with Crippen LogP contribution in [0.2, 0.25) is 30.7 Å². The van der Waals surface area contributed by atoms with Gasteiger partial charge in [0.05, 0.1) is 0 Å². The molecule has 0 aliphatic rings. The number of hydrogen-bond acceptors (Lipinski definition) is 0. The second kappa shape index (κ2) is 31.6. The van der Waals surface area contributed by atoms with E-state index in [1.165, 1.54) is 20.1 Å². The average molecular weight is 1270 g/mol. The first-order valence-electron chi connectivity index (χ1n) is 26.9.